The number of nitrogens with zero attached hydrogens (tertiary/aromatic N) is 1. The zero-order valence-electron chi connectivity index (χ0n) is 40.6. The second kappa shape index (κ2) is 27.3. The summed E-state index contributed by atoms with van der Waals surface area (Å²) in [5.74, 6) is 4.74. The van der Waals surface area contributed by atoms with Gasteiger partial charge in [0, 0.05) is 32.5 Å². The van der Waals surface area contributed by atoms with Crippen molar-refractivity contribution in [2.24, 2.45) is 52.1 Å². The summed E-state index contributed by atoms with van der Waals surface area (Å²) >= 11 is 0. The number of allylic oxidation sites excluding steroid dienone is 1. The highest BCUT2D eigenvalue weighted by atomic mass is 16.6. The number of carbonyl (C=O) groups excluding carboxylic acids is 3. The zero-order chi connectivity index (χ0) is 44.1. The third-order valence-corrected chi connectivity index (χ3v) is 16.5. The van der Waals surface area contributed by atoms with Crippen LogP contribution in [0.4, 0.5) is 4.79 Å². The van der Waals surface area contributed by atoms with E-state index >= 15 is 0 Å². The maximum Gasteiger partial charge on any atom is 0.410 e. The molecule has 61 heavy (non-hydrogen) atoms. The number of hydrogen-bond donors (Lipinski definition) is 3. The number of nitrogens with two attached hydrogens (primary N) is 1. The summed E-state index contributed by atoms with van der Waals surface area (Å²) in [5, 5.41) is 5.99. The van der Waals surface area contributed by atoms with E-state index in [9.17, 15) is 14.4 Å². The van der Waals surface area contributed by atoms with Crippen LogP contribution in [0.5, 0.6) is 0 Å². The second-order valence-electron chi connectivity index (χ2n) is 21.5. The van der Waals surface area contributed by atoms with E-state index in [1.165, 1.54) is 128 Å². The highest BCUT2D eigenvalue weighted by molar-refractivity contribution is 5.82. The van der Waals surface area contributed by atoms with Crippen LogP contribution in [0.3, 0.4) is 0 Å². The highest BCUT2D eigenvalue weighted by Gasteiger charge is 2.59. The molecule has 8 nitrogen and oxygen atoms in total. The van der Waals surface area contributed by atoms with E-state index in [1.54, 1.807) is 4.90 Å². The van der Waals surface area contributed by atoms with Crippen LogP contribution >= 0.6 is 0 Å². The van der Waals surface area contributed by atoms with Crippen molar-refractivity contribution in [1.82, 2.24) is 15.5 Å². The van der Waals surface area contributed by atoms with Gasteiger partial charge in [0.2, 0.25) is 11.8 Å². The predicted molar refractivity (Wildman–Crippen MR) is 254 cm³/mol. The van der Waals surface area contributed by atoms with Gasteiger partial charge in [0.05, 0.1) is 0 Å². The zero-order valence-corrected chi connectivity index (χ0v) is 40.6. The van der Waals surface area contributed by atoms with E-state index in [1.807, 2.05) is 0 Å². The van der Waals surface area contributed by atoms with Gasteiger partial charge in [-0.25, -0.2) is 4.79 Å². The molecule has 3 fully saturated rings. The minimum Gasteiger partial charge on any atom is -0.446 e. The highest BCUT2D eigenvalue weighted by Crippen LogP contribution is 2.67. The summed E-state index contributed by atoms with van der Waals surface area (Å²) in [6, 6.07) is 0. The van der Waals surface area contributed by atoms with Crippen molar-refractivity contribution in [2.45, 2.75) is 227 Å². The Kier molecular flexibility index (Phi) is 23.1. The lowest BCUT2D eigenvalue weighted by Crippen LogP contribution is -2.51. The lowest BCUT2D eigenvalue weighted by atomic mass is 9.47. The lowest BCUT2D eigenvalue weighted by Gasteiger charge is -2.58. The molecular formula is C53H96N4O4. The molecule has 4 aliphatic rings. The Bertz CT molecular complexity index is 1320. The van der Waals surface area contributed by atoms with Gasteiger partial charge in [-0.15, -0.1) is 0 Å². The number of amides is 3. The van der Waals surface area contributed by atoms with Crippen LogP contribution < -0.4 is 16.4 Å². The molecule has 0 unspecified atom stereocenters. The summed E-state index contributed by atoms with van der Waals surface area (Å²) in [7, 11) is 0. The number of nitrogens with one attached hydrogen (secondary N) is 2. The van der Waals surface area contributed by atoms with Gasteiger partial charge in [-0.2, -0.15) is 0 Å². The Morgan fingerprint density at radius 1 is 0.754 bits per heavy atom. The number of fused-ring (bicyclic) bond motifs is 5. The molecule has 3 amide bonds. The molecule has 0 radical (unpaired) electrons. The van der Waals surface area contributed by atoms with Crippen LogP contribution in [-0.2, 0) is 14.3 Å². The fourth-order valence-electron chi connectivity index (χ4n) is 12.8. The Hall–Kier alpha value is -2.09. The summed E-state index contributed by atoms with van der Waals surface area (Å²) < 4.78 is 6.27. The number of hydrogen-bond acceptors (Lipinski definition) is 5. The molecule has 0 aromatic carbocycles. The quantitative estimate of drug-likeness (QED) is 0.0492. The summed E-state index contributed by atoms with van der Waals surface area (Å²) in [5.41, 5.74) is 7.83. The van der Waals surface area contributed by atoms with Gasteiger partial charge in [-0.05, 0) is 124 Å². The number of ether oxygens (including phenoxy) is 1. The first-order valence-corrected chi connectivity index (χ1v) is 26.3. The standard InChI is InChI=1S/C53H96N4O4/c1-7-8-9-10-11-12-13-14-15-16-17-18-19-26-49(58)55-36-20-21-38-57(40-50(59)56-37-23-35-54)51(60)61-44-31-33-52(5)43(39-44)27-28-45-47-30-29-46(42(4)25-22-24-41(2)3)53(47,6)34-32-48(45)52/h27,41-42,44-48H,7-26,28-40,54H2,1-6H3,(H,55,58)(H,56,59)/t42-,44+,45+,46-,47+,48+,52+,53-/m1/s1. The molecule has 8 heteroatoms. The normalized spacial score (nSPS) is 27.4. The van der Waals surface area contributed by atoms with Crippen LogP contribution in [0.25, 0.3) is 0 Å². The van der Waals surface area contributed by atoms with Gasteiger partial charge in [-0.3, -0.25) is 14.5 Å². The Balaban J connectivity index is 1.18. The van der Waals surface area contributed by atoms with E-state index in [4.69, 9.17) is 10.5 Å². The molecule has 8 atom stereocenters. The first-order chi connectivity index (χ1) is 29.4. The minimum absolute atomic E-state index is 0.0246. The van der Waals surface area contributed by atoms with E-state index in [0.29, 0.717) is 50.9 Å². The molecule has 352 valence electrons. The Morgan fingerprint density at radius 2 is 1.41 bits per heavy atom. The molecule has 4 N–H and O–H groups in total. The number of carbonyl (C=O) groups is 3. The maximum atomic E-state index is 13.8. The monoisotopic (exact) mass is 853 g/mol. The van der Waals surface area contributed by atoms with Crippen molar-refractivity contribution in [3.05, 3.63) is 11.6 Å². The molecule has 3 saturated carbocycles. The summed E-state index contributed by atoms with van der Waals surface area (Å²) in [6.07, 6.45) is 35.1. The van der Waals surface area contributed by atoms with Crippen LogP contribution in [0.15, 0.2) is 11.6 Å². The van der Waals surface area contributed by atoms with Gasteiger partial charge < -0.3 is 21.1 Å². The second-order valence-corrected chi connectivity index (χ2v) is 21.5. The molecule has 0 heterocycles. The van der Waals surface area contributed by atoms with E-state index < -0.39 is 6.09 Å². The molecule has 0 aliphatic heterocycles. The summed E-state index contributed by atoms with van der Waals surface area (Å²) in [4.78, 5) is 40.8. The molecular weight excluding hydrogens is 757 g/mol. The average Bonchev–Trinajstić information content (AvgIpc) is 3.59. The van der Waals surface area contributed by atoms with Gasteiger partial charge in [0.25, 0.3) is 0 Å². The molecule has 4 rings (SSSR count). The van der Waals surface area contributed by atoms with E-state index in [-0.39, 0.29) is 29.9 Å². The van der Waals surface area contributed by atoms with Crippen LogP contribution in [0.2, 0.25) is 0 Å². The largest absolute Gasteiger partial charge is 0.446 e. The van der Waals surface area contributed by atoms with Crippen molar-refractivity contribution < 1.29 is 19.1 Å². The van der Waals surface area contributed by atoms with Gasteiger partial charge in [0.1, 0.15) is 12.6 Å². The van der Waals surface area contributed by atoms with E-state index in [0.717, 1.165) is 74.0 Å². The molecule has 0 spiro atoms. The van der Waals surface area contributed by atoms with Crippen molar-refractivity contribution in [2.75, 3.05) is 32.7 Å². The minimum atomic E-state index is -0.392. The molecule has 0 aromatic rings. The number of unbranched alkanes of at least 4 members (excludes halogenated alkanes) is 13. The van der Waals surface area contributed by atoms with Crippen LogP contribution in [-0.4, -0.2) is 61.6 Å². The van der Waals surface area contributed by atoms with Gasteiger partial charge in [-0.1, -0.05) is 150 Å². The smallest absolute Gasteiger partial charge is 0.410 e. The third kappa shape index (κ3) is 16.1. The first-order valence-electron chi connectivity index (χ1n) is 26.3. The maximum absolute atomic E-state index is 13.8. The van der Waals surface area contributed by atoms with Crippen molar-refractivity contribution >= 4 is 17.9 Å². The third-order valence-electron chi connectivity index (χ3n) is 16.5. The fraction of sp³-hybridized carbons (Fsp3) is 0.906. The fourth-order valence-corrected chi connectivity index (χ4v) is 12.8. The van der Waals surface area contributed by atoms with Crippen molar-refractivity contribution in [3.8, 4) is 0 Å². The van der Waals surface area contributed by atoms with Crippen LogP contribution in [0.1, 0.15) is 221 Å². The van der Waals surface area contributed by atoms with Gasteiger partial charge in [0.15, 0.2) is 0 Å². The molecule has 0 bridgehead atoms. The van der Waals surface area contributed by atoms with Gasteiger partial charge >= 0.3 is 6.09 Å². The van der Waals surface area contributed by atoms with Crippen molar-refractivity contribution in [1.29, 1.82) is 0 Å². The lowest BCUT2D eigenvalue weighted by molar-refractivity contribution is -0.122. The Morgan fingerprint density at radius 3 is 2.08 bits per heavy atom. The predicted octanol–water partition coefficient (Wildman–Crippen LogP) is 12.7. The Labute approximate surface area is 375 Å². The summed E-state index contributed by atoms with van der Waals surface area (Å²) in [6.45, 7) is 16.7. The van der Waals surface area contributed by atoms with Crippen molar-refractivity contribution in [3.63, 3.8) is 0 Å². The molecule has 0 saturated heterocycles. The van der Waals surface area contributed by atoms with E-state index in [2.05, 4.69) is 58.3 Å². The molecule has 4 aliphatic carbocycles. The first kappa shape index (κ1) is 51.5. The molecule has 0 aromatic heterocycles. The topological polar surface area (TPSA) is 114 Å². The average molecular weight is 853 g/mol. The SMILES string of the molecule is CCCCCCCCCCCCCCCC(=O)NCCCCN(CC(=O)NCCCN)C(=O)O[C@H]1CC[C@@]2(C)C(=CC[C@H]3[C@@H]4CC[C@H]([C@H](C)CCCC(C)C)[C@@]4(C)CC[C@@H]32)C1. The van der Waals surface area contributed by atoms with Crippen LogP contribution in [0, 0.1) is 46.3 Å². The number of rotatable bonds is 30.